The topological polar surface area (TPSA) is 50.5 Å². The van der Waals surface area contributed by atoms with Gasteiger partial charge in [0.2, 0.25) is 0 Å². The van der Waals surface area contributed by atoms with Crippen LogP contribution >= 0.6 is 0 Å². The third-order valence-corrected chi connectivity index (χ3v) is 5.45. The van der Waals surface area contributed by atoms with E-state index >= 15 is 0 Å². The Morgan fingerprint density at radius 2 is 2.12 bits per heavy atom. The van der Waals surface area contributed by atoms with Crippen LogP contribution in [0.15, 0.2) is 42.2 Å². The van der Waals surface area contributed by atoms with Crippen molar-refractivity contribution < 1.29 is 9.84 Å². The Kier molecular flexibility index (Phi) is 4.83. The molecular formula is C21H27N3O2. The second-order valence-electron chi connectivity index (χ2n) is 7.72. The van der Waals surface area contributed by atoms with Crippen molar-refractivity contribution >= 4 is 6.08 Å². The van der Waals surface area contributed by atoms with Gasteiger partial charge in [0.25, 0.3) is 0 Å². The Labute approximate surface area is 154 Å². The molecule has 4 rings (SSSR count). The highest BCUT2D eigenvalue weighted by Crippen LogP contribution is 2.34. The lowest BCUT2D eigenvalue weighted by Crippen LogP contribution is -2.26. The second-order valence-corrected chi connectivity index (χ2v) is 7.72. The lowest BCUT2D eigenvalue weighted by Gasteiger charge is -2.22. The molecule has 0 spiro atoms. The fourth-order valence-electron chi connectivity index (χ4n) is 4.02. The van der Waals surface area contributed by atoms with Gasteiger partial charge in [0, 0.05) is 55.9 Å². The number of hydrogen-bond donors (Lipinski definition) is 1. The Morgan fingerprint density at radius 3 is 2.88 bits per heavy atom. The molecule has 1 fully saturated rings. The zero-order valence-corrected chi connectivity index (χ0v) is 15.5. The third-order valence-electron chi connectivity index (χ3n) is 5.45. The molecule has 3 heterocycles. The predicted molar refractivity (Wildman–Crippen MR) is 102 cm³/mol. The van der Waals surface area contributed by atoms with E-state index in [9.17, 15) is 5.11 Å². The molecule has 138 valence electrons. The number of fused-ring (bicyclic) bond motifs is 1. The van der Waals surface area contributed by atoms with E-state index in [-0.39, 0.29) is 12.5 Å². The fraction of sp³-hybridized carbons (Fsp3) is 0.476. The normalized spacial score (nSPS) is 23.0. The van der Waals surface area contributed by atoms with E-state index in [4.69, 9.17) is 4.74 Å². The molecule has 1 aromatic carbocycles. The van der Waals surface area contributed by atoms with Gasteiger partial charge in [-0.2, -0.15) is 5.10 Å². The molecule has 0 radical (unpaired) electrons. The molecule has 5 heteroatoms. The number of likely N-dealkylation sites (tertiary alicyclic amines) is 1. The summed E-state index contributed by atoms with van der Waals surface area (Å²) in [6.07, 6.45) is 6.35. The van der Waals surface area contributed by atoms with Crippen LogP contribution in [0.5, 0.6) is 5.75 Å². The Morgan fingerprint density at radius 1 is 1.27 bits per heavy atom. The van der Waals surface area contributed by atoms with Crippen molar-refractivity contribution in [3.8, 4) is 5.75 Å². The maximum atomic E-state index is 9.87. The molecule has 2 aliphatic rings. The van der Waals surface area contributed by atoms with Crippen molar-refractivity contribution in [2.45, 2.75) is 25.8 Å². The van der Waals surface area contributed by atoms with E-state index < -0.39 is 0 Å². The van der Waals surface area contributed by atoms with Gasteiger partial charge in [0.1, 0.15) is 12.4 Å². The molecule has 2 aromatic rings. The zero-order valence-electron chi connectivity index (χ0n) is 15.5. The number of benzene rings is 1. The summed E-state index contributed by atoms with van der Waals surface area (Å²) in [7, 11) is 0. The number of nitrogens with zero attached hydrogens (tertiary/aromatic N) is 3. The number of aromatic nitrogens is 2. The molecule has 0 bridgehead atoms. The minimum atomic E-state index is 0.215. The molecule has 5 nitrogen and oxygen atoms in total. The molecule has 0 unspecified atom stereocenters. The lowest BCUT2D eigenvalue weighted by molar-refractivity contribution is 0.216. The quantitative estimate of drug-likeness (QED) is 0.898. The van der Waals surface area contributed by atoms with Crippen LogP contribution in [0.3, 0.4) is 0 Å². The van der Waals surface area contributed by atoms with Crippen molar-refractivity contribution in [1.29, 1.82) is 0 Å². The number of aliphatic hydroxyl groups is 1. The van der Waals surface area contributed by atoms with Crippen LogP contribution in [0.25, 0.3) is 6.08 Å². The fourth-order valence-corrected chi connectivity index (χ4v) is 4.02. The van der Waals surface area contributed by atoms with E-state index in [0.717, 1.165) is 30.9 Å². The first-order valence-electron chi connectivity index (χ1n) is 9.42. The highest BCUT2D eigenvalue weighted by molar-refractivity contribution is 5.62. The Hall–Kier alpha value is -2.11. The highest BCUT2D eigenvalue weighted by atomic mass is 16.5. The first kappa shape index (κ1) is 17.3. The summed E-state index contributed by atoms with van der Waals surface area (Å²) in [4.78, 5) is 2.43. The molecule has 1 aromatic heterocycles. The molecule has 1 N–H and O–H groups in total. The average molecular weight is 353 g/mol. The maximum Gasteiger partial charge on any atom is 0.127 e. The highest BCUT2D eigenvalue weighted by Gasteiger charge is 2.34. The minimum absolute atomic E-state index is 0.215. The molecule has 26 heavy (non-hydrogen) atoms. The largest absolute Gasteiger partial charge is 0.489 e. The summed E-state index contributed by atoms with van der Waals surface area (Å²) in [6, 6.07) is 8.52. The van der Waals surface area contributed by atoms with E-state index in [0.29, 0.717) is 18.6 Å². The number of ether oxygens (including phenoxy) is 1. The summed E-state index contributed by atoms with van der Waals surface area (Å²) in [5.41, 5.74) is 3.68. The van der Waals surface area contributed by atoms with Crippen LogP contribution in [0.4, 0.5) is 0 Å². The van der Waals surface area contributed by atoms with Crippen LogP contribution < -0.4 is 4.74 Å². The summed E-state index contributed by atoms with van der Waals surface area (Å²) < 4.78 is 7.88. The number of aliphatic hydroxyl groups excluding tert-OH is 1. The Balaban J connectivity index is 1.46. The van der Waals surface area contributed by atoms with Gasteiger partial charge in [-0.05, 0) is 37.1 Å². The predicted octanol–water partition coefficient (Wildman–Crippen LogP) is 2.95. The first-order valence-corrected chi connectivity index (χ1v) is 9.42. The van der Waals surface area contributed by atoms with Gasteiger partial charge in [-0.3, -0.25) is 9.58 Å². The Bertz CT molecular complexity index is 796. The summed E-state index contributed by atoms with van der Waals surface area (Å²) in [6.45, 7) is 7.88. The van der Waals surface area contributed by atoms with E-state index in [2.05, 4.69) is 42.2 Å². The van der Waals surface area contributed by atoms with Gasteiger partial charge in [-0.15, -0.1) is 0 Å². The molecule has 0 saturated carbocycles. The van der Waals surface area contributed by atoms with Crippen molar-refractivity contribution in [3.05, 3.63) is 53.4 Å². The monoisotopic (exact) mass is 353 g/mol. The van der Waals surface area contributed by atoms with E-state index in [1.165, 1.54) is 11.1 Å². The van der Waals surface area contributed by atoms with Gasteiger partial charge >= 0.3 is 0 Å². The summed E-state index contributed by atoms with van der Waals surface area (Å²) in [5, 5.41) is 14.4. The molecular weight excluding hydrogens is 326 g/mol. The van der Waals surface area contributed by atoms with E-state index in [1.807, 2.05) is 29.1 Å². The van der Waals surface area contributed by atoms with Gasteiger partial charge in [-0.1, -0.05) is 18.2 Å². The SMILES string of the molecule is CC(C)n1cc([C@@H]2CN(CC3=Cc4ccccc4OC3)C[C@H]2CO)cn1. The van der Waals surface area contributed by atoms with Crippen molar-refractivity contribution in [1.82, 2.24) is 14.7 Å². The standard InChI is InChI=1S/C21H27N3O2/c1-15(2)24-11-18(8-22-24)20-12-23(10-19(20)13-25)9-16-7-17-5-3-4-6-21(17)26-14-16/h3-8,11,15,19-20,25H,9-10,12-14H2,1-2H3/t19-,20-/m0/s1. The molecule has 0 amide bonds. The third kappa shape index (κ3) is 3.41. The summed E-state index contributed by atoms with van der Waals surface area (Å²) in [5.74, 6) is 1.56. The first-order chi connectivity index (χ1) is 12.6. The van der Waals surface area contributed by atoms with Crippen molar-refractivity contribution in [2.75, 3.05) is 32.8 Å². The zero-order chi connectivity index (χ0) is 18.1. The number of rotatable bonds is 5. The number of para-hydroxylation sites is 1. The van der Waals surface area contributed by atoms with Gasteiger partial charge in [0.15, 0.2) is 0 Å². The van der Waals surface area contributed by atoms with Crippen LogP contribution in [0.1, 0.15) is 36.9 Å². The van der Waals surface area contributed by atoms with Crippen molar-refractivity contribution in [3.63, 3.8) is 0 Å². The number of hydrogen-bond acceptors (Lipinski definition) is 4. The van der Waals surface area contributed by atoms with Crippen LogP contribution in [0, 0.1) is 5.92 Å². The average Bonchev–Trinajstić information content (AvgIpc) is 3.28. The van der Waals surface area contributed by atoms with Crippen molar-refractivity contribution in [2.24, 2.45) is 5.92 Å². The smallest absolute Gasteiger partial charge is 0.127 e. The minimum Gasteiger partial charge on any atom is -0.489 e. The van der Waals surface area contributed by atoms with Crippen LogP contribution in [-0.4, -0.2) is 52.6 Å². The van der Waals surface area contributed by atoms with Gasteiger partial charge in [-0.25, -0.2) is 0 Å². The maximum absolute atomic E-state index is 9.87. The second kappa shape index (κ2) is 7.25. The molecule has 2 aliphatic heterocycles. The van der Waals surface area contributed by atoms with E-state index in [1.54, 1.807) is 0 Å². The van der Waals surface area contributed by atoms with Gasteiger partial charge < -0.3 is 9.84 Å². The molecule has 2 atom stereocenters. The molecule has 1 saturated heterocycles. The molecule has 0 aliphatic carbocycles. The lowest BCUT2D eigenvalue weighted by atomic mass is 9.92. The summed E-state index contributed by atoms with van der Waals surface area (Å²) >= 11 is 0. The van der Waals surface area contributed by atoms with Crippen LogP contribution in [-0.2, 0) is 0 Å². The van der Waals surface area contributed by atoms with Gasteiger partial charge in [0.05, 0.1) is 6.20 Å². The van der Waals surface area contributed by atoms with Crippen LogP contribution in [0.2, 0.25) is 0 Å².